The molecule has 2 aliphatic carbocycles. The van der Waals surface area contributed by atoms with Gasteiger partial charge in [-0.15, -0.1) is 0 Å². The van der Waals surface area contributed by atoms with Gasteiger partial charge in [0.05, 0.1) is 17.8 Å². The first kappa shape index (κ1) is 22.6. The van der Waals surface area contributed by atoms with E-state index in [0.29, 0.717) is 5.69 Å². The maximum Gasteiger partial charge on any atom is 0.258 e. The molecule has 0 spiro atoms. The Morgan fingerprint density at radius 2 is 1.88 bits per heavy atom. The van der Waals surface area contributed by atoms with Crippen molar-refractivity contribution in [3.8, 4) is 11.1 Å². The smallest absolute Gasteiger partial charge is 0.258 e. The lowest BCUT2D eigenvalue weighted by atomic mass is 9.81. The molecule has 0 aliphatic heterocycles. The minimum Gasteiger partial charge on any atom is -0.387 e. The van der Waals surface area contributed by atoms with E-state index in [2.05, 4.69) is 15.5 Å². The SMILES string of the molecule is Cc1[nH]nc(C(C)O)c1-c1ccc(CC(=O)[C@@H](NC(=O)C2(F)CC2)C2CCCCC2)cc1. The first-order valence-electron chi connectivity index (χ1n) is 11.6. The number of ketones is 1. The minimum atomic E-state index is -1.78. The summed E-state index contributed by atoms with van der Waals surface area (Å²) in [5.74, 6) is -0.617. The van der Waals surface area contributed by atoms with E-state index < -0.39 is 23.7 Å². The zero-order valence-corrected chi connectivity index (χ0v) is 18.8. The highest BCUT2D eigenvalue weighted by Crippen LogP contribution is 2.40. The monoisotopic (exact) mass is 441 g/mol. The molecule has 0 bridgehead atoms. The van der Waals surface area contributed by atoms with E-state index in [9.17, 15) is 19.1 Å². The molecule has 2 aliphatic rings. The summed E-state index contributed by atoms with van der Waals surface area (Å²) < 4.78 is 14.3. The number of aryl methyl sites for hydroxylation is 1. The molecular weight excluding hydrogens is 409 g/mol. The van der Waals surface area contributed by atoms with Gasteiger partial charge in [-0.25, -0.2) is 4.39 Å². The van der Waals surface area contributed by atoms with Gasteiger partial charge in [-0.05, 0) is 56.6 Å². The molecule has 1 heterocycles. The number of aliphatic hydroxyl groups excluding tert-OH is 1. The van der Waals surface area contributed by atoms with Crippen molar-refractivity contribution < 1.29 is 19.1 Å². The molecule has 3 N–H and O–H groups in total. The summed E-state index contributed by atoms with van der Waals surface area (Å²) >= 11 is 0. The average molecular weight is 442 g/mol. The lowest BCUT2D eigenvalue weighted by Gasteiger charge is -2.30. The van der Waals surface area contributed by atoms with E-state index >= 15 is 0 Å². The van der Waals surface area contributed by atoms with Crippen LogP contribution in [0.15, 0.2) is 24.3 Å². The topological polar surface area (TPSA) is 95.1 Å². The fourth-order valence-corrected chi connectivity index (χ4v) is 4.75. The van der Waals surface area contributed by atoms with Gasteiger partial charge < -0.3 is 10.4 Å². The van der Waals surface area contributed by atoms with Crippen molar-refractivity contribution in [3.05, 3.63) is 41.2 Å². The molecule has 2 fully saturated rings. The zero-order valence-electron chi connectivity index (χ0n) is 18.8. The standard InChI is InChI=1S/C25H32FN3O3/c1-15-21(22(16(2)30)29-28-15)18-10-8-17(9-11-18)14-20(31)23(19-6-4-3-5-7-19)27-24(32)25(26)12-13-25/h8-11,16,19,23,30H,3-7,12-14H2,1-2H3,(H,27,32)(H,28,29)/t16?,23-/m0/s1. The third kappa shape index (κ3) is 4.77. The second-order valence-electron chi connectivity index (χ2n) is 9.44. The highest BCUT2D eigenvalue weighted by molar-refractivity contribution is 5.94. The third-order valence-corrected chi connectivity index (χ3v) is 6.84. The van der Waals surface area contributed by atoms with Crippen molar-refractivity contribution in [2.45, 2.75) is 83.0 Å². The Hall–Kier alpha value is -2.54. The Morgan fingerprint density at radius 1 is 1.22 bits per heavy atom. The Bertz CT molecular complexity index is 973. The maximum atomic E-state index is 14.3. The molecular formula is C25H32FN3O3. The number of carbonyl (C=O) groups excluding carboxylic acids is 2. The molecule has 2 saturated carbocycles. The number of aromatic amines is 1. The average Bonchev–Trinajstić information content (AvgIpc) is 3.42. The number of hydrogen-bond donors (Lipinski definition) is 3. The molecule has 1 aromatic carbocycles. The molecule has 1 aromatic heterocycles. The molecule has 7 heteroatoms. The quantitative estimate of drug-likeness (QED) is 0.574. The van der Waals surface area contributed by atoms with E-state index in [1.54, 1.807) is 6.92 Å². The number of rotatable bonds is 8. The lowest BCUT2D eigenvalue weighted by Crippen LogP contribution is -2.50. The Kier molecular flexibility index (Phi) is 6.47. The lowest BCUT2D eigenvalue weighted by molar-refractivity contribution is -0.133. The number of Topliss-reactive ketones (excluding diaryl/α,β-unsaturated/α-hetero) is 1. The van der Waals surface area contributed by atoms with Crippen molar-refractivity contribution in [1.82, 2.24) is 15.5 Å². The second kappa shape index (κ2) is 9.14. The van der Waals surface area contributed by atoms with Crippen molar-refractivity contribution in [1.29, 1.82) is 0 Å². The number of H-pyrrole nitrogens is 1. The van der Waals surface area contributed by atoms with Gasteiger partial charge >= 0.3 is 0 Å². The molecule has 2 aromatic rings. The van der Waals surface area contributed by atoms with Gasteiger partial charge in [-0.1, -0.05) is 43.5 Å². The molecule has 2 atom stereocenters. The number of aromatic nitrogens is 2. The van der Waals surface area contributed by atoms with Gasteiger partial charge in [0.2, 0.25) is 0 Å². The van der Waals surface area contributed by atoms with E-state index in [1.165, 1.54) is 0 Å². The number of hydrogen-bond acceptors (Lipinski definition) is 4. The van der Waals surface area contributed by atoms with Gasteiger partial charge in [-0.3, -0.25) is 14.7 Å². The number of carbonyl (C=O) groups is 2. The Labute approximate surface area is 188 Å². The summed E-state index contributed by atoms with van der Waals surface area (Å²) in [7, 11) is 0. The molecule has 4 rings (SSSR count). The zero-order chi connectivity index (χ0) is 22.9. The molecule has 32 heavy (non-hydrogen) atoms. The van der Waals surface area contributed by atoms with Crippen molar-refractivity contribution in [3.63, 3.8) is 0 Å². The van der Waals surface area contributed by atoms with Crippen LogP contribution in [0.3, 0.4) is 0 Å². The van der Waals surface area contributed by atoms with Crippen LogP contribution in [0, 0.1) is 12.8 Å². The molecule has 6 nitrogen and oxygen atoms in total. The summed E-state index contributed by atoms with van der Waals surface area (Å²) in [5, 5.41) is 19.9. The predicted octanol–water partition coefficient (Wildman–Crippen LogP) is 4.12. The molecule has 172 valence electrons. The fraction of sp³-hybridized carbons (Fsp3) is 0.560. The summed E-state index contributed by atoms with van der Waals surface area (Å²) in [5.41, 5.74) is 2.29. The largest absolute Gasteiger partial charge is 0.387 e. The summed E-state index contributed by atoms with van der Waals surface area (Å²) in [6.45, 7) is 3.58. The number of aliphatic hydroxyl groups is 1. The molecule has 0 saturated heterocycles. The summed E-state index contributed by atoms with van der Waals surface area (Å²) in [6.07, 6.45) is 4.97. The van der Waals surface area contributed by atoms with Gasteiger partial charge in [0.15, 0.2) is 11.5 Å². The van der Waals surface area contributed by atoms with Crippen LogP contribution in [-0.2, 0) is 16.0 Å². The Balaban J connectivity index is 1.49. The van der Waals surface area contributed by atoms with Crippen molar-refractivity contribution in [2.24, 2.45) is 5.92 Å². The normalized spacial score (nSPS) is 19.9. The van der Waals surface area contributed by atoms with Crippen LogP contribution in [0.5, 0.6) is 0 Å². The van der Waals surface area contributed by atoms with Crippen LogP contribution in [0.1, 0.15) is 74.9 Å². The number of alkyl halides is 1. The van der Waals surface area contributed by atoms with Crippen LogP contribution in [-0.4, -0.2) is 38.7 Å². The third-order valence-electron chi connectivity index (χ3n) is 6.84. The van der Waals surface area contributed by atoms with Crippen LogP contribution in [0.4, 0.5) is 4.39 Å². The van der Waals surface area contributed by atoms with Crippen LogP contribution in [0.25, 0.3) is 11.1 Å². The highest BCUT2D eigenvalue weighted by Gasteiger charge is 2.52. The summed E-state index contributed by atoms with van der Waals surface area (Å²) in [6, 6.07) is 6.99. The number of nitrogens with zero attached hydrogens (tertiary/aromatic N) is 1. The van der Waals surface area contributed by atoms with Gasteiger partial charge in [0.1, 0.15) is 0 Å². The van der Waals surface area contributed by atoms with E-state index in [1.807, 2.05) is 31.2 Å². The van der Waals surface area contributed by atoms with Gasteiger partial charge in [0, 0.05) is 17.7 Å². The number of amides is 1. The van der Waals surface area contributed by atoms with E-state index in [4.69, 9.17) is 0 Å². The second-order valence-corrected chi connectivity index (χ2v) is 9.44. The van der Waals surface area contributed by atoms with E-state index in [0.717, 1.165) is 54.5 Å². The van der Waals surface area contributed by atoms with E-state index in [-0.39, 0.29) is 31.0 Å². The predicted molar refractivity (Wildman–Crippen MR) is 120 cm³/mol. The first-order valence-corrected chi connectivity index (χ1v) is 11.6. The molecule has 1 unspecified atom stereocenters. The van der Waals surface area contributed by atoms with Crippen LogP contribution in [0.2, 0.25) is 0 Å². The fourth-order valence-electron chi connectivity index (χ4n) is 4.75. The summed E-state index contributed by atoms with van der Waals surface area (Å²) in [4.78, 5) is 25.6. The number of benzene rings is 1. The van der Waals surface area contributed by atoms with Crippen LogP contribution >= 0.6 is 0 Å². The van der Waals surface area contributed by atoms with Crippen molar-refractivity contribution in [2.75, 3.05) is 0 Å². The Morgan fingerprint density at radius 3 is 2.47 bits per heavy atom. The highest BCUT2D eigenvalue weighted by atomic mass is 19.1. The van der Waals surface area contributed by atoms with Gasteiger partial charge in [-0.2, -0.15) is 5.10 Å². The minimum absolute atomic E-state index is 0.0635. The van der Waals surface area contributed by atoms with Gasteiger partial charge in [0.25, 0.3) is 5.91 Å². The number of halogens is 1. The maximum absolute atomic E-state index is 14.3. The van der Waals surface area contributed by atoms with Crippen LogP contribution < -0.4 is 5.32 Å². The van der Waals surface area contributed by atoms with Crippen molar-refractivity contribution >= 4 is 11.7 Å². The number of nitrogens with one attached hydrogen (secondary N) is 2. The molecule has 1 amide bonds. The molecule has 0 radical (unpaired) electrons. The first-order chi connectivity index (χ1) is 15.3.